The number of aryl methyl sites for hydroxylation is 1. The van der Waals surface area contributed by atoms with E-state index in [0.29, 0.717) is 11.3 Å². The fourth-order valence-electron chi connectivity index (χ4n) is 3.53. The van der Waals surface area contributed by atoms with Crippen LogP contribution < -0.4 is 0 Å². The third kappa shape index (κ3) is 3.38. The van der Waals surface area contributed by atoms with Gasteiger partial charge in [-0.3, -0.25) is 4.98 Å². The monoisotopic (exact) mass is 410 g/mol. The first-order chi connectivity index (χ1) is 14.7. The lowest BCUT2D eigenvalue weighted by molar-refractivity contribution is 0.457. The van der Waals surface area contributed by atoms with Crippen LogP contribution in [0.5, 0.6) is 5.88 Å². The number of aromatic nitrogens is 3. The van der Waals surface area contributed by atoms with Crippen LogP contribution in [-0.4, -0.2) is 25.2 Å². The van der Waals surface area contributed by atoms with Gasteiger partial charge in [0, 0.05) is 45.5 Å². The molecule has 146 valence electrons. The minimum Gasteiger partial charge on any atom is -0.494 e. The minimum atomic E-state index is 0.0963. The largest absolute Gasteiger partial charge is 0.494 e. The van der Waals surface area contributed by atoms with E-state index in [1.54, 1.807) is 6.20 Å². The summed E-state index contributed by atoms with van der Waals surface area (Å²) in [6.45, 7) is 1.94. The maximum atomic E-state index is 10.9. The molecule has 6 heteroatoms. The highest BCUT2D eigenvalue weighted by Gasteiger charge is 2.19. The maximum Gasteiger partial charge on any atom is 0.199 e. The quantitative estimate of drug-likeness (QED) is 0.364. The van der Waals surface area contributed by atoms with Crippen molar-refractivity contribution in [3.05, 3.63) is 95.3 Å². The van der Waals surface area contributed by atoms with E-state index in [-0.39, 0.29) is 5.88 Å². The third-order valence-corrected chi connectivity index (χ3v) is 5.54. The second-order valence-electron chi connectivity index (χ2n) is 7.00. The van der Waals surface area contributed by atoms with E-state index >= 15 is 0 Å². The number of H-pyrrole nitrogens is 1. The van der Waals surface area contributed by atoms with Gasteiger partial charge in [-0.1, -0.05) is 36.4 Å². The molecule has 2 N–H and O–H groups in total. The number of aromatic hydroxyl groups is 1. The predicted octanol–water partition coefficient (Wildman–Crippen LogP) is 5.87. The van der Waals surface area contributed by atoms with Crippen LogP contribution in [0.3, 0.4) is 0 Å². The zero-order chi connectivity index (χ0) is 20.5. The molecule has 0 radical (unpaired) electrons. The van der Waals surface area contributed by atoms with Crippen molar-refractivity contribution >= 4 is 33.8 Å². The summed E-state index contributed by atoms with van der Waals surface area (Å²) in [5, 5.41) is 13.8. The van der Waals surface area contributed by atoms with Crippen molar-refractivity contribution in [2.45, 2.75) is 6.92 Å². The van der Waals surface area contributed by atoms with Crippen LogP contribution in [0, 0.1) is 6.92 Å². The lowest BCUT2D eigenvalue weighted by Gasteiger charge is -2.08. The van der Waals surface area contributed by atoms with E-state index in [0.717, 1.165) is 39.0 Å². The zero-order valence-electron chi connectivity index (χ0n) is 16.2. The molecule has 0 atom stereocenters. The second kappa shape index (κ2) is 7.57. The topological polar surface area (TPSA) is 74.2 Å². The fraction of sp³-hybridized carbons (Fsp3) is 0.0417. The summed E-state index contributed by atoms with van der Waals surface area (Å²) < 4.78 is 4.21. The smallest absolute Gasteiger partial charge is 0.199 e. The Labute approximate surface area is 177 Å². The van der Waals surface area contributed by atoms with Gasteiger partial charge in [-0.05, 0) is 48.3 Å². The molecule has 3 aromatic heterocycles. The summed E-state index contributed by atoms with van der Waals surface area (Å²) in [6, 6.07) is 19.8. The first kappa shape index (κ1) is 18.3. The van der Waals surface area contributed by atoms with Gasteiger partial charge in [0.2, 0.25) is 0 Å². The highest BCUT2D eigenvalue weighted by Crippen LogP contribution is 2.34. The Balaban J connectivity index is 1.77. The molecule has 0 unspecified atom stereocenters. The van der Waals surface area contributed by atoms with Gasteiger partial charge >= 0.3 is 0 Å². The number of pyridine rings is 1. The molecule has 0 bridgehead atoms. The van der Waals surface area contributed by atoms with Crippen LogP contribution in [0.1, 0.15) is 16.8 Å². The summed E-state index contributed by atoms with van der Waals surface area (Å²) in [5.74, 6) is 0.0963. The van der Waals surface area contributed by atoms with Crippen molar-refractivity contribution in [1.29, 1.82) is 0 Å². The molecule has 2 aromatic carbocycles. The number of aliphatic imine (C=N–C) groups is 1. The molecule has 0 aliphatic rings. The van der Waals surface area contributed by atoms with E-state index in [1.807, 2.05) is 73.1 Å². The van der Waals surface area contributed by atoms with Crippen molar-refractivity contribution in [1.82, 2.24) is 14.3 Å². The van der Waals surface area contributed by atoms with E-state index in [4.69, 9.17) is 4.99 Å². The molecular weight excluding hydrogens is 392 g/mol. The van der Waals surface area contributed by atoms with Crippen LogP contribution in [-0.2, 0) is 0 Å². The number of rotatable bonds is 4. The molecular formula is C24H18N4OS. The first-order valence-electron chi connectivity index (χ1n) is 9.50. The molecule has 0 fully saturated rings. The van der Waals surface area contributed by atoms with Crippen LogP contribution in [0.15, 0.2) is 83.4 Å². The Kier molecular flexibility index (Phi) is 4.61. The molecule has 5 nitrogen and oxygen atoms in total. The molecule has 0 aliphatic heterocycles. The van der Waals surface area contributed by atoms with Crippen LogP contribution >= 0.6 is 11.5 Å². The van der Waals surface area contributed by atoms with Crippen molar-refractivity contribution in [3.8, 4) is 17.0 Å². The standard InChI is InChI=1S/C24H18N4OS/c1-15-11-19(9-10-25-15)27-23(16-5-3-2-4-6-16)22-20-12-17(18-13-26-30-14-18)7-8-21(20)28-24(22)29/h2-14,28-29H,1H3. The van der Waals surface area contributed by atoms with Crippen molar-refractivity contribution in [2.75, 3.05) is 0 Å². The molecule has 0 amide bonds. The Morgan fingerprint density at radius 2 is 1.90 bits per heavy atom. The normalized spacial score (nSPS) is 11.8. The molecule has 0 aliphatic carbocycles. The molecule has 30 heavy (non-hydrogen) atoms. The molecule has 3 heterocycles. The Morgan fingerprint density at radius 1 is 1.03 bits per heavy atom. The lowest BCUT2D eigenvalue weighted by Crippen LogP contribution is -2.03. The number of nitrogens with one attached hydrogen (secondary N) is 1. The first-order valence-corrected chi connectivity index (χ1v) is 10.3. The van der Waals surface area contributed by atoms with Gasteiger partial charge in [-0.2, -0.15) is 0 Å². The van der Waals surface area contributed by atoms with Gasteiger partial charge in [-0.15, -0.1) is 0 Å². The van der Waals surface area contributed by atoms with Gasteiger partial charge < -0.3 is 10.1 Å². The second-order valence-corrected chi connectivity index (χ2v) is 7.66. The maximum absolute atomic E-state index is 10.9. The number of hydrogen-bond donors (Lipinski definition) is 2. The lowest BCUT2D eigenvalue weighted by atomic mass is 9.99. The number of nitrogens with zero attached hydrogens (tertiary/aromatic N) is 3. The van der Waals surface area contributed by atoms with E-state index in [2.05, 4.69) is 20.4 Å². The van der Waals surface area contributed by atoms with Crippen LogP contribution in [0.25, 0.3) is 22.0 Å². The van der Waals surface area contributed by atoms with Crippen molar-refractivity contribution in [2.24, 2.45) is 4.99 Å². The highest BCUT2D eigenvalue weighted by molar-refractivity contribution is 7.03. The number of benzene rings is 2. The van der Waals surface area contributed by atoms with E-state index < -0.39 is 0 Å². The van der Waals surface area contributed by atoms with Gasteiger partial charge in [0.25, 0.3) is 0 Å². The van der Waals surface area contributed by atoms with Gasteiger partial charge in [0.05, 0.1) is 17.0 Å². The SMILES string of the molecule is Cc1cc(N=C(c2ccccc2)c2c(O)[nH]c3ccc(-c4cnsc4)cc23)ccn1. The number of hydrogen-bond acceptors (Lipinski definition) is 5. The van der Waals surface area contributed by atoms with Crippen LogP contribution in [0.4, 0.5) is 5.69 Å². The number of aromatic amines is 1. The van der Waals surface area contributed by atoms with Gasteiger partial charge in [0.1, 0.15) is 0 Å². The molecule has 0 saturated heterocycles. The Morgan fingerprint density at radius 3 is 2.67 bits per heavy atom. The summed E-state index contributed by atoms with van der Waals surface area (Å²) >= 11 is 1.42. The Bertz CT molecular complexity index is 1360. The average molecular weight is 411 g/mol. The average Bonchev–Trinajstić information content (AvgIpc) is 3.40. The van der Waals surface area contributed by atoms with Gasteiger partial charge in [-0.25, -0.2) is 9.37 Å². The minimum absolute atomic E-state index is 0.0963. The van der Waals surface area contributed by atoms with Crippen molar-refractivity contribution < 1.29 is 5.11 Å². The molecule has 0 spiro atoms. The van der Waals surface area contributed by atoms with E-state index in [1.165, 1.54) is 11.5 Å². The highest BCUT2D eigenvalue weighted by atomic mass is 32.1. The molecule has 5 rings (SSSR count). The summed E-state index contributed by atoms with van der Waals surface area (Å²) in [5.41, 5.74) is 6.92. The summed E-state index contributed by atoms with van der Waals surface area (Å²) in [4.78, 5) is 12.3. The molecule has 5 aromatic rings. The van der Waals surface area contributed by atoms with Crippen LogP contribution in [0.2, 0.25) is 0 Å². The van der Waals surface area contributed by atoms with Crippen molar-refractivity contribution in [3.63, 3.8) is 0 Å². The summed E-state index contributed by atoms with van der Waals surface area (Å²) in [6.07, 6.45) is 3.59. The summed E-state index contributed by atoms with van der Waals surface area (Å²) in [7, 11) is 0. The predicted molar refractivity (Wildman–Crippen MR) is 122 cm³/mol. The Hall–Kier alpha value is -3.77. The third-order valence-electron chi connectivity index (χ3n) is 4.95. The van der Waals surface area contributed by atoms with Gasteiger partial charge in [0.15, 0.2) is 5.88 Å². The molecule has 0 saturated carbocycles. The zero-order valence-corrected chi connectivity index (χ0v) is 17.0. The van der Waals surface area contributed by atoms with E-state index in [9.17, 15) is 5.11 Å². The number of fused-ring (bicyclic) bond motifs is 1. The fourth-order valence-corrected chi connectivity index (χ4v) is 4.08.